The highest BCUT2D eigenvalue weighted by atomic mass is 16.5. The summed E-state index contributed by atoms with van der Waals surface area (Å²) >= 11 is 0. The topological polar surface area (TPSA) is 70.9 Å². The summed E-state index contributed by atoms with van der Waals surface area (Å²) in [6, 6.07) is 13.0. The lowest BCUT2D eigenvalue weighted by atomic mass is 9.99. The van der Waals surface area contributed by atoms with Crippen LogP contribution in [0, 0.1) is 6.92 Å². The fourth-order valence-electron chi connectivity index (χ4n) is 2.25. The second kappa shape index (κ2) is 8.87. The van der Waals surface area contributed by atoms with Gasteiger partial charge in [0.15, 0.2) is 6.61 Å². The van der Waals surface area contributed by atoms with Gasteiger partial charge in [-0.2, -0.15) is 5.10 Å². The Kier molecular flexibility index (Phi) is 6.57. The molecular weight excluding hydrogens is 316 g/mol. The molecule has 5 heteroatoms. The first-order valence-electron chi connectivity index (χ1n) is 8.34. The molecule has 0 spiro atoms. The van der Waals surface area contributed by atoms with Gasteiger partial charge >= 0.3 is 0 Å². The van der Waals surface area contributed by atoms with Crippen LogP contribution in [-0.2, 0) is 4.79 Å². The zero-order chi connectivity index (χ0) is 18.2. The number of nitrogens with zero attached hydrogens (tertiary/aromatic N) is 1. The van der Waals surface area contributed by atoms with Crippen LogP contribution in [-0.4, -0.2) is 23.8 Å². The molecule has 0 fully saturated rings. The van der Waals surface area contributed by atoms with Gasteiger partial charge in [0.2, 0.25) is 0 Å². The molecule has 2 aromatic rings. The number of amides is 1. The zero-order valence-electron chi connectivity index (χ0n) is 14.8. The molecule has 1 amide bonds. The van der Waals surface area contributed by atoms with Crippen molar-refractivity contribution in [1.82, 2.24) is 5.43 Å². The van der Waals surface area contributed by atoms with Crippen LogP contribution in [0.2, 0.25) is 0 Å². The molecule has 0 unspecified atom stereocenters. The average molecular weight is 340 g/mol. The predicted octanol–water partition coefficient (Wildman–Crippen LogP) is 3.74. The highest BCUT2D eigenvalue weighted by molar-refractivity contribution is 5.85. The molecule has 0 aromatic heterocycles. The fourth-order valence-corrected chi connectivity index (χ4v) is 2.25. The number of nitrogens with one attached hydrogen (secondary N) is 1. The molecule has 2 aromatic carbocycles. The third kappa shape index (κ3) is 5.64. The second-order valence-electron chi connectivity index (χ2n) is 6.02. The van der Waals surface area contributed by atoms with Gasteiger partial charge in [0.25, 0.3) is 5.91 Å². The van der Waals surface area contributed by atoms with E-state index < -0.39 is 0 Å². The van der Waals surface area contributed by atoms with Crippen LogP contribution in [0.25, 0.3) is 0 Å². The number of phenols is 1. The van der Waals surface area contributed by atoms with Crippen LogP contribution in [0.15, 0.2) is 47.6 Å². The van der Waals surface area contributed by atoms with E-state index in [1.165, 1.54) is 11.8 Å². The molecule has 132 valence electrons. The van der Waals surface area contributed by atoms with E-state index in [1.54, 1.807) is 12.1 Å². The van der Waals surface area contributed by atoms with Crippen LogP contribution in [0.3, 0.4) is 0 Å². The van der Waals surface area contributed by atoms with Crippen molar-refractivity contribution in [2.75, 3.05) is 6.61 Å². The number of hydrazone groups is 1. The Labute approximate surface area is 148 Å². The Balaban J connectivity index is 1.81. The number of ether oxygens (including phenoxy) is 1. The van der Waals surface area contributed by atoms with Gasteiger partial charge < -0.3 is 9.84 Å². The first-order chi connectivity index (χ1) is 12.0. The summed E-state index contributed by atoms with van der Waals surface area (Å²) in [5, 5.41) is 13.6. The number of hydrogen-bond donors (Lipinski definition) is 2. The quantitative estimate of drug-likeness (QED) is 0.596. The lowest BCUT2D eigenvalue weighted by Crippen LogP contribution is -2.24. The Hall–Kier alpha value is -2.82. The van der Waals surface area contributed by atoms with Gasteiger partial charge in [-0.1, -0.05) is 32.0 Å². The summed E-state index contributed by atoms with van der Waals surface area (Å²) in [6.07, 6.45) is 2.48. The molecule has 2 rings (SSSR count). The van der Waals surface area contributed by atoms with Gasteiger partial charge in [-0.3, -0.25) is 4.79 Å². The van der Waals surface area contributed by atoms with Gasteiger partial charge in [-0.15, -0.1) is 0 Å². The van der Waals surface area contributed by atoms with Crippen LogP contribution < -0.4 is 10.2 Å². The molecule has 0 saturated carbocycles. The van der Waals surface area contributed by atoms with Gasteiger partial charge in [0, 0.05) is 5.56 Å². The highest BCUT2D eigenvalue weighted by Crippen LogP contribution is 2.21. The van der Waals surface area contributed by atoms with Gasteiger partial charge in [0.05, 0.1) is 6.21 Å². The van der Waals surface area contributed by atoms with Crippen molar-refractivity contribution in [1.29, 1.82) is 0 Å². The minimum atomic E-state index is -0.367. The average Bonchev–Trinajstić information content (AvgIpc) is 2.61. The Morgan fingerprint density at radius 1 is 1.28 bits per heavy atom. The number of rotatable bonds is 7. The van der Waals surface area contributed by atoms with E-state index in [9.17, 15) is 9.90 Å². The van der Waals surface area contributed by atoms with E-state index in [0.717, 1.165) is 12.0 Å². The summed E-state index contributed by atoms with van der Waals surface area (Å²) < 4.78 is 5.44. The minimum Gasteiger partial charge on any atom is -0.507 e. The van der Waals surface area contributed by atoms with Crippen molar-refractivity contribution in [3.05, 3.63) is 59.2 Å². The molecule has 0 bridgehead atoms. The second-order valence-corrected chi connectivity index (χ2v) is 6.02. The monoisotopic (exact) mass is 340 g/mol. The van der Waals surface area contributed by atoms with Gasteiger partial charge in [0.1, 0.15) is 11.5 Å². The van der Waals surface area contributed by atoms with E-state index in [4.69, 9.17) is 4.74 Å². The first kappa shape index (κ1) is 18.5. The first-order valence-corrected chi connectivity index (χ1v) is 8.34. The van der Waals surface area contributed by atoms with E-state index in [2.05, 4.69) is 24.4 Å². The smallest absolute Gasteiger partial charge is 0.277 e. The van der Waals surface area contributed by atoms with Crippen LogP contribution in [0.4, 0.5) is 0 Å². The molecule has 0 radical (unpaired) electrons. The summed E-state index contributed by atoms with van der Waals surface area (Å²) in [5.74, 6) is 0.900. The zero-order valence-corrected chi connectivity index (χ0v) is 14.8. The van der Waals surface area contributed by atoms with E-state index in [-0.39, 0.29) is 18.3 Å². The number of hydrogen-bond acceptors (Lipinski definition) is 4. The van der Waals surface area contributed by atoms with E-state index in [1.807, 2.05) is 37.3 Å². The molecule has 0 aliphatic carbocycles. The predicted molar refractivity (Wildman–Crippen MR) is 99.2 cm³/mol. The Morgan fingerprint density at radius 3 is 2.64 bits per heavy atom. The number of carbonyl (C=O) groups excluding carboxylic acids is 1. The van der Waals surface area contributed by atoms with Gasteiger partial charge in [-0.05, 0) is 54.7 Å². The van der Waals surface area contributed by atoms with Crippen LogP contribution in [0.1, 0.15) is 42.9 Å². The third-order valence-electron chi connectivity index (χ3n) is 4.01. The van der Waals surface area contributed by atoms with Crippen molar-refractivity contribution >= 4 is 12.1 Å². The maximum atomic E-state index is 11.8. The lowest BCUT2D eigenvalue weighted by molar-refractivity contribution is -0.123. The minimum absolute atomic E-state index is 0.121. The third-order valence-corrected chi connectivity index (χ3v) is 4.01. The maximum absolute atomic E-state index is 11.8. The summed E-state index contributed by atoms with van der Waals surface area (Å²) in [5.41, 5.74) is 5.11. The lowest BCUT2D eigenvalue weighted by Gasteiger charge is -2.10. The number of aryl methyl sites for hydroxylation is 1. The fraction of sp³-hybridized carbons (Fsp3) is 0.300. The highest BCUT2D eigenvalue weighted by Gasteiger charge is 2.05. The molecule has 0 heterocycles. The van der Waals surface area contributed by atoms with Gasteiger partial charge in [-0.25, -0.2) is 5.43 Å². The molecule has 2 N–H and O–H groups in total. The maximum Gasteiger partial charge on any atom is 0.277 e. The van der Waals surface area contributed by atoms with Crippen molar-refractivity contribution in [2.24, 2.45) is 5.10 Å². The van der Waals surface area contributed by atoms with E-state index in [0.29, 0.717) is 17.2 Å². The number of phenolic OH excluding ortho intramolecular Hbond substituents is 1. The normalized spacial score (nSPS) is 12.1. The molecule has 0 aliphatic rings. The Morgan fingerprint density at radius 2 is 2.00 bits per heavy atom. The summed E-state index contributed by atoms with van der Waals surface area (Å²) in [7, 11) is 0. The van der Waals surface area contributed by atoms with Crippen LogP contribution >= 0.6 is 0 Å². The number of carbonyl (C=O) groups is 1. The molecule has 0 aliphatic heterocycles. The molecule has 0 saturated heterocycles. The van der Waals surface area contributed by atoms with E-state index >= 15 is 0 Å². The number of aromatic hydroxyl groups is 1. The largest absolute Gasteiger partial charge is 0.507 e. The van der Waals surface area contributed by atoms with Crippen molar-refractivity contribution < 1.29 is 14.6 Å². The standard InChI is InChI=1S/C20H24N2O3/c1-4-15(3)16-7-9-18(10-8-16)25-13-20(24)22-21-12-17-6-5-14(2)11-19(17)23/h5-12,15,23H,4,13H2,1-3H3,(H,22,24)/b21-12+/t15-/m1/s1. The van der Waals surface area contributed by atoms with Crippen molar-refractivity contribution in [3.63, 3.8) is 0 Å². The van der Waals surface area contributed by atoms with Crippen molar-refractivity contribution in [3.8, 4) is 11.5 Å². The molecule has 5 nitrogen and oxygen atoms in total. The van der Waals surface area contributed by atoms with Crippen molar-refractivity contribution in [2.45, 2.75) is 33.1 Å². The summed E-state index contributed by atoms with van der Waals surface area (Å²) in [6.45, 7) is 6.08. The van der Waals surface area contributed by atoms with Crippen LogP contribution in [0.5, 0.6) is 11.5 Å². The Bertz CT molecular complexity index is 739. The SMILES string of the molecule is CC[C@@H](C)c1ccc(OCC(=O)N/N=C/c2ccc(C)cc2O)cc1. The molecule has 1 atom stereocenters. The molecule has 25 heavy (non-hydrogen) atoms. The number of benzene rings is 2. The summed E-state index contributed by atoms with van der Waals surface area (Å²) in [4.78, 5) is 11.8. The molecular formula is C20H24N2O3.